The van der Waals surface area contributed by atoms with Crippen molar-refractivity contribution in [1.29, 1.82) is 5.26 Å². The predicted octanol–water partition coefficient (Wildman–Crippen LogP) is 1.06. The van der Waals surface area contributed by atoms with Crippen LogP contribution in [-0.4, -0.2) is 34.8 Å². The van der Waals surface area contributed by atoms with Crippen molar-refractivity contribution < 1.29 is 0 Å². The fraction of sp³-hybridized carbons (Fsp3) is 0.778. The van der Waals surface area contributed by atoms with Crippen LogP contribution in [0.3, 0.4) is 0 Å². The van der Waals surface area contributed by atoms with E-state index in [1.165, 1.54) is 6.42 Å². The van der Waals surface area contributed by atoms with Gasteiger partial charge in [-0.05, 0) is 18.6 Å². The molecule has 5 heteroatoms. The Bertz CT molecular complexity index is 235. The van der Waals surface area contributed by atoms with Crippen molar-refractivity contribution >= 4 is 17.3 Å². The van der Waals surface area contributed by atoms with Gasteiger partial charge in [0, 0.05) is 13.1 Å². The minimum Gasteiger partial charge on any atom is -0.334 e. The monoisotopic (exact) mass is 212 g/mol. The first-order valence-corrected chi connectivity index (χ1v) is 5.37. The average molecular weight is 212 g/mol. The molecule has 1 aliphatic rings. The van der Waals surface area contributed by atoms with Gasteiger partial charge < -0.3 is 4.90 Å². The van der Waals surface area contributed by atoms with E-state index in [2.05, 4.69) is 23.3 Å². The van der Waals surface area contributed by atoms with Crippen LogP contribution in [0, 0.1) is 11.3 Å². The van der Waals surface area contributed by atoms with Crippen molar-refractivity contribution in [1.82, 2.24) is 15.3 Å². The highest BCUT2D eigenvalue weighted by atomic mass is 32.1. The number of rotatable bonds is 5. The van der Waals surface area contributed by atoms with Gasteiger partial charge in [-0.15, -0.1) is 0 Å². The second-order valence-electron chi connectivity index (χ2n) is 3.28. The minimum absolute atomic E-state index is 0.509. The first-order chi connectivity index (χ1) is 6.79. The maximum absolute atomic E-state index is 8.46. The number of unbranched alkanes of at least 4 members (excludes halogenated alkanes) is 1. The van der Waals surface area contributed by atoms with E-state index in [1.807, 2.05) is 5.01 Å². The Kier molecular flexibility index (Phi) is 4.63. The molecule has 0 aromatic heterocycles. The summed E-state index contributed by atoms with van der Waals surface area (Å²) in [5.74, 6) is 0. The number of nitrogens with zero attached hydrogens (tertiary/aromatic N) is 3. The van der Waals surface area contributed by atoms with E-state index in [-0.39, 0.29) is 0 Å². The molecule has 0 atom stereocenters. The third-order valence-corrected chi connectivity index (χ3v) is 2.66. The van der Waals surface area contributed by atoms with E-state index in [1.54, 1.807) is 0 Å². The fourth-order valence-electron chi connectivity index (χ4n) is 1.34. The Labute approximate surface area is 90.4 Å². The summed E-state index contributed by atoms with van der Waals surface area (Å²) in [6.45, 7) is 4.63. The summed E-state index contributed by atoms with van der Waals surface area (Å²) in [6, 6.07) is 2.11. The third-order valence-electron chi connectivity index (χ3n) is 2.18. The summed E-state index contributed by atoms with van der Waals surface area (Å²) in [4.78, 5) is 2.14. The Hall–Kier alpha value is -0.860. The number of thiocarbonyl (C=S) groups is 1. The van der Waals surface area contributed by atoms with Gasteiger partial charge in [-0.2, -0.15) is 5.26 Å². The van der Waals surface area contributed by atoms with E-state index in [0.29, 0.717) is 13.0 Å². The minimum atomic E-state index is 0.509. The molecule has 0 saturated carbocycles. The Balaban J connectivity index is 2.32. The van der Waals surface area contributed by atoms with Gasteiger partial charge >= 0.3 is 0 Å². The number of nitriles is 1. The molecule has 1 N–H and O–H groups in total. The maximum Gasteiger partial charge on any atom is 0.187 e. The van der Waals surface area contributed by atoms with Crippen molar-refractivity contribution in [2.45, 2.75) is 26.2 Å². The van der Waals surface area contributed by atoms with E-state index >= 15 is 0 Å². The highest BCUT2D eigenvalue weighted by Gasteiger charge is 2.22. The average Bonchev–Trinajstić information content (AvgIpc) is 2.54. The molecule has 0 spiro atoms. The number of hydrogen-bond donors (Lipinski definition) is 1. The molecule has 4 nitrogen and oxygen atoms in total. The molecule has 0 amide bonds. The molecule has 1 heterocycles. The summed E-state index contributed by atoms with van der Waals surface area (Å²) < 4.78 is 0. The number of hydrazine groups is 1. The lowest BCUT2D eigenvalue weighted by molar-refractivity contribution is 0.346. The first-order valence-electron chi connectivity index (χ1n) is 4.96. The molecule has 0 bridgehead atoms. The van der Waals surface area contributed by atoms with Crippen molar-refractivity contribution in [2.75, 3.05) is 19.8 Å². The number of nitrogens with one attached hydrogen (secondary N) is 1. The standard InChI is InChI=1S/C9H16N4S/c1-2-3-6-12-8-11-13(9(12)14)7-4-5-10/h11H,2-4,6-8H2,1H3. The lowest BCUT2D eigenvalue weighted by Gasteiger charge is -2.18. The first kappa shape index (κ1) is 11.2. The highest BCUT2D eigenvalue weighted by Crippen LogP contribution is 2.06. The van der Waals surface area contributed by atoms with Gasteiger partial charge in [-0.1, -0.05) is 13.3 Å². The van der Waals surface area contributed by atoms with Gasteiger partial charge in [0.05, 0.1) is 19.2 Å². The molecular formula is C9H16N4S. The van der Waals surface area contributed by atoms with Crippen LogP contribution in [0.25, 0.3) is 0 Å². The molecule has 0 aromatic carbocycles. The van der Waals surface area contributed by atoms with Gasteiger partial charge in [-0.3, -0.25) is 5.01 Å². The van der Waals surface area contributed by atoms with Crippen molar-refractivity contribution in [2.24, 2.45) is 0 Å². The zero-order valence-corrected chi connectivity index (χ0v) is 9.31. The van der Waals surface area contributed by atoms with Crippen molar-refractivity contribution in [3.05, 3.63) is 0 Å². The molecule has 1 aliphatic heterocycles. The maximum atomic E-state index is 8.46. The van der Waals surface area contributed by atoms with Gasteiger partial charge in [0.1, 0.15) is 0 Å². The Morgan fingerprint density at radius 2 is 2.36 bits per heavy atom. The summed E-state index contributed by atoms with van der Waals surface area (Å²) in [5.41, 5.74) is 3.17. The second-order valence-corrected chi connectivity index (χ2v) is 3.64. The summed E-state index contributed by atoms with van der Waals surface area (Å²) in [7, 11) is 0. The lowest BCUT2D eigenvalue weighted by atomic mass is 10.3. The van der Waals surface area contributed by atoms with Crippen LogP contribution in [0.1, 0.15) is 26.2 Å². The van der Waals surface area contributed by atoms with Crippen LogP contribution in [0.15, 0.2) is 0 Å². The van der Waals surface area contributed by atoms with E-state index < -0.39 is 0 Å². The van der Waals surface area contributed by atoms with Crippen LogP contribution in [0.5, 0.6) is 0 Å². The van der Waals surface area contributed by atoms with Crippen molar-refractivity contribution in [3.63, 3.8) is 0 Å². The highest BCUT2D eigenvalue weighted by molar-refractivity contribution is 7.80. The van der Waals surface area contributed by atoms with Gasteiger partial charge in [-0.25, -0.2) is 5.43 Å². The van der Waals surface area contributed by atoms with E-state index in [4.69, 9.17) is 17.5 Å². The molecule has 1 fully saturated rings. The summed E-state index contributed by atoms with van der Waals surface area (Å²) >= 11 is 5.27. The summed E-state index contributed by atoms with van der Waals surface area (Å²) in [6.07, 6.45) is 2.85. The van der Waals surface area contributed by atoms with Crippen LogP contribution < -0.4 is 5.43 Å². The molecule has 78 valence electrons. The van der Waals surface area contributed by atoms with Crippen molar-refractivity contribution in [3.8, 4) is 6.07 Å². The van der Waals surface area contributed by atoms with Gasteiger partial charge in [0.2, 0.25) is 0 Å². The normalized spacial score (nSPS) is 16.1. The predicted molar refractivity (Wildman–Crippen MR) is 59.2 cm³/mol. The van der Waals surface area contributed by atoms with Gasteiger partial charge in [0.25, 0.3) is 0 Å². The molecule has 1 saturated heterocycles. The lowest BCUT2D eigenvalue weighted by Crippen LogP contribution is -2.35. The van der Waals surface area contributed by atoms with E-state index in [0.717, 1.165) is 24.7 Å². The van der Waals surface area contributed by atoms with Crippen LogP contribution in [0.2, 0.25) is 0 Å². The fourth-order valence-corrected chi connectivity index (χ4v) is 1.65. The zero-order valence-electron chi connectivity index (χ0n) is 8.49. The van der Waals surface area contributed by atoms with Gasteiger partial charge in [0.15, 0.2) is 5.11 Å². The zero-order chi connectivity index (χ0) is 10.4. The smallest absolute Gasteiger partial charge is 0.187 e. The molecule has 14 heavy (non-hydrogen) atoms. The van der Waals surface area contributed by atoms with E-state index in [9.17, 15) is 0 Å². The molecule has 0 aliphatic carbocycles. The van der Waals surface area contributed by atoms with Crippen LogP contribution >= 0.6 is 12.2 Å². The summed E-state index contributed by atoms with van der Waals surface area (Å²) in [5, 5.41) is 11.2. The second kappa shape index (κ2) is 5.78. The molecule has 1 rings (SSSR count). The Morgan fingerprint density at radius 1 is 1.57 bits per heavy atom. The third kappa shape index (κ3) is 2.82. The number of hydrogen-bond acceptors (Lipinski definition) is 3. The molecule has 0 unspecified atom stereocenters. The van der Waals surface area contributed by atoms with Crippen LogP contribution in [0.4, 0.5) is 0 Å². The van der Waals surface area contributed by atoms with Crippen LogP contribution in [-0.2, 0) is 0 Å². The molecular weight excluding hydrogens is 196 g/mol. The topological polar surface area (TPSA) is 42.3 Å². The molecule has 0 aromatic rings. The SMILES string of the molecule is CCCCN1CNN(CCC#N)C1=S. The quantitative estimate of drug-likeness (QED) is 0.690. The Morgan fingerprint density at radius 3 is 3.00 bits per heavy atom. The molecule has 0 radical (unpaired) electrons. The largest absolute Gasteiger partial charge is 0.334 e.